The summed E-state index contributed by atoms with van der Waals surface area (Å²) in [7, 11) is 0. The number of esters is 1. The van der Waals surface area contributed by atoms with Crippen molar-refractivity contribution in [2.75, 3.05) is 0 Å². The molecule has 0 amide bonds. The second-order valence-corrected chi connectivity index (χ2v) is 6.11. The highest BCUT2D eigenvalue weighted by Gasteiger charge is 2.74. The van der Waals surface area contributed by atoms with Crippen LogP contribution in [0.2, 0.25) is 0 Å². The number of fused-ring (bicyclic) bond motifs is 2. The fourth-order valence-corrected chi connectivity index (χ4v) is 4.64. The molecule has 0 aromatic heterocycles. The Morgan fingerprint density at radius 3 is 2.67 bits per heavy atom. The summed E-state index contributed by atoms with van der Waals surface area (Å²) >= 11 is 0. The van der Waals surface area contributed by atoms with Crippen LogP contribution in [-0.2, 0) is 9.53 Å². The van der Waals surface area contributed by atoms with Crippen molar-refractivity contribution in [2.24, 2.45) is 23.2 Å². The first kappa shape index (κ1) is 9.68. The van der Waals surface area contributed by atoms with Crippen molar-refractivity contribution < 1.29 is 9.53 Å². The molecule has 3 aliphatic rings. The van der Waals surface area contributed by atoms with Gasteiger partial charge in [0.05, 0.1) is 0 Å². The van der Waals surface area contributed by atoms with Crippen molar-refractivity contribution >= 4 is 5.97 Å². The van der Waals surface area contributed by atoms with Crippen molar-refractivity contribution in [1.29, 1.82) is 0 Å². The van der Waals surface area contributed by atoms with E-state index in [1.54, 1.807) is 0 Å². The molecule has 2 aliphatic carbocycles. The van der Waals surface area contributed by atoms with Crippen molar-refractivity contribution in [1.82, 2.24) is 0 Å². The first-order valence-electron chi connectivity index (χ1n) is 6.25. The van der Waals surface area contributed by atoms with Crippen molar-refractivity contribution in [3.05, 3.63) is 0 Å². The van der Waals surface area contributed by atoms with Gasteiger partial charge in [-0.1, -0.05) is 27.2 Å². The van der Waals surface area contributed by atoms with Crippen LogP contribution in [0, 0.1) is 23.2 Å². The summed E-state index contributed by atoms with van der Waals surface area (Å²) in [5.41, 5.74) is 0.108. The Morgan fingerprint density at radius 1 is 1.47 bits per heavy atom. The van der Waals surface area contributed by atoms with E-state index in [4.69, 9.17) is 4.74 Å². The van der Waals surface area contributed by atoms with E-state index in [1.807, 2.05) is 0 Å². The van der Waals surface area contributed by atoms with E-state index in [1.165, 1.54) is 12.8 Å². The van der Waals surface area contributed by atoms with Gasteiger partial charge in [-0.3, -0.25) is 4.79 Å². The lowest BCUT2D eigenvalue weighted by atomic mass is 9.67. The highest BCUT2D eigenvalue weighted by molar-refractivity contribution is 5.73. The van der Waals surface area contributed by atoms with Crippen molar-refractivity contribution in [2.45, 2.75) is 52.1 Å². The van der Waals surface area contributed by atoms with Crippen LogP contribution in [0.1, 0.15) is 46.5 Å². The van der Waals surface area contributed by atoms with Crippen molar-refractivity contribution in [3.63, 3.8) is 0 Å². The molecule has 2 saturated carbocycles. The lowest BCUT2D eigenvalue weighted by Gasteiger charge is -2.43. The molecule has 0 radical (unpaired) electrons. The normalized spacial score (nSPS) is 50.6. The highest BCUT2D eigenvalue weighted by atomic mass is 16.6. The molecule has 84 valence electrons. The first-order valence-corrected chi connectivity index (χ1v) is 6.25. The van der Waals surface area contributed by atoms with E-state index in [9.17, 15) is 4.79 Å². The zero-order chi connectivity index (χ0) is 10.8. The molecule has 3 fully saturated rings. The van der Waals surface area contributed by atoms with Gasteiger partial charge in [0.15, 0.2) is 0 Å². The van der Waals surface area contributed by atoms with Gasteiger partial charge < -0.3 is 4.74 Å². The zero-order valence-corrected chi connectivity index (χ0v) is 9.88. The molecular formula is C13H20O2. The summed E-state index contributed by atoms with van der Waals surface area (Å²) in [5.74, 6) is 2.32. The minimum Gasteiger partial charge on any atom is -0.458 e. The van der Waals surface area contributed by atoms with Gasteiger partial charge in [-0.15, -0.1) is 0 Å². The Kier molecular flexibility index (Phi) is 1.67. The molecule has 0 bridgehead atoms. The van der Waals surface area contributed by atoms with Crippen LogP contribution in [0.25, 0.3) is 0 Å². The van der Waals surface area contributed by atoms with Gasteiger partial charge in [-0.2, -0.15) is 0 Å². The summed E-state index contributed by atoms with van der Waals surface area (Å²) in [6.07, 6.45) is 4.14. The van der Waals surface area contributed by atoms with Gasteiger partial charge in [-0.25, -0.2) is 0 Å². The van der Waals surface area contributed by atoms with Crippen LogP contribution in [-0.4, -0.2) is 11.6 Å². The molecule has 15 heavy (non-hydrogen) atoms. The Morgan fingerprint density at radius 2 is 2.20 bits per heavy atom. The van der Waals surface area contributed by atoms with E-state index >= 15 is 0 Å². The first-order chi connectivity index (χ1) is 7.03. The van der Waals surface area contributed by atoms with Crippen LogP contribution >= 0.6 is 0 Å². The zero-order valence-electron chi connectivity index (χ0n) is 9.88. The standard InChI is InChI=1S/C13H20O2/c1-4-9-8-7-10(8)13(12(9,2)3)6-5-11(14)15-13/h8-10H,4-7H2,1-3H3/t8?,9?,10?,13-/m0/s1. The predicted octanol–water partition coefficient (Wildman–Crippen LogP) is 2.76. The molecule has 3 rings (SSSR count). The molecule has 3 unspecified atom stereocenters. The smallest absolute Gasteiger partial charge is 0.306 e. The van der Waals surface area contributed by atoms with Gasteiger partial charge in [0.1, 0.15) is 5.60 Å². The van der Waals surface area contributed by atoms with Gasteiger partial charge >= 0.3 is 5.97 Å². The summed E-state index contributed by atoms with van der Waals surface area (Å²) in [6, 6.07) is 0. The summed E-state index contributed by atoms with van der Waals surface area (Å²) in [6.45, 7) is 6.90. The molecule has 4 atom stereocenters. The van der Waals surface area contributed by atoms with Gasteiger partial charge in [0.25, 0.3) is 0 Å². The minimum atomic E-state index is -0.0879. The van der Waals surface area contributed by atoms with Gasteiger partial charge in [0.2, 0.25) is 0 Å². The maximum Gasteiger partial charge on any atom is 0.306 e. The highest BCUT2D eigenvalue weighted by Crippen LogP contribution is 2.72. The Hall–Kier alpha value is -0.530. The number of carbonyl (C=O) groups is 1. The third kappa shape index (κ3) is 0.938. The molecule has 0 N–H and O–H groups in total. The van der Waals surface area contributed by atoms with Crippen LogP contribution in [0.15, 0.2) is 0 Å². The molecular weight excluding hydrogens is 188 g/mol. The third-order valence-corrected chi connectivity index (χ3v) is 5.41. The molecule has 1 aliphatic heterocycles. The predicted molar refractivity (Wildman–Crippen MR) is 57.2 cm³/mol. The number of hydrogen-bond donors (Lipinski definition) is 0. The summed E-state index contributed by atoms with van der Waals surface area (Å²) in [5, 5.41) is 0. The fraction of sp³-hybridized carbons (Fsp3) is 0.923. The number of hydrogen-bond acceptors (Lipinski definition) is 2. The second kappa shape index (κ2) is 2.58. The van der Waals surface area contributed by atoms with Gasteiger partial charge in [-0.05, 0) is 24.7 Å². The maximum atomic E-state index is 11.4. The summed E-state index contributed by atoms with van der Waals surface area (Å²) in [4.78, 5) is 11.4. The van der Waals surface area contributed by atoms with E-state index in [2.05, 4.69) is 20.8 Å². The van der Waals surface area contributed by atoms with E-state index in [0.717, 1.165) is 18.3 Å². The number of ether oxygens (including phenoxy) is 1. The Balaban J connectivity index is 1.99. The van der Waals surface area contributed by atoms with Crippen LogP contribution < -0.4 is 0 Å². The quantitative estimate of drug-likeness (QED) is 0.619. The molecule has 1 heterocycles. The molecule has 0 aromatic carbocycles. The monoisotopic (exact) mass is 208 g/mol. The average Bonchev–Trinajstić information content (AvgIpc) is 2.79. The van der Waals surface area contributed by atoms with Crippen LogP contribution in [0.4, 0.5) is 0 Å². The average molecular weight is 208 g/mol. The number of rotatable bonds is 1. The minimum absolute atomic E-state index is 0.0329. The van der Waals surface area contributed by atoms with Crippen molar-refractivity contribution in [3.8, 4) is 0 Å². The molecule has 1 saturated heterocycles. The maximum absolute atomic E-state index is 11.4. The Labute approximate surface area is 91.4 Å². The number of carbonyl (C=O) groups excluding carboxylic acids is 1. The molecule has 2 heteroatoms. The fourth-order valence-electron chi connectivity index (χ4n) is 4.64. The lowest BCUT2D eigenvalue weighted by molar-refractivity contribution is -0.162. The lowest BCUT2D eigenvalue weighted by Crippen LogP contribution is -2.46. The third-order valence-electron chi connectivity index (χ3n) is 5.41. The van der Waals surface area contributed by atoms with Crippen LogP contribution in [0.3, 0.4) is 0 Å². The Bertz CT molecular complexity index is 320. The van der Waals surface area contributed by atoms with E-state index in [0.29, 0.717) is 12.3 Å². The van der Waals surface area contributed by atoms with Gasteiger partial charge in [0, 0.05) is 17.8 Å². The molecule has 1 spiro atoms. The van der Waals surface area contributed by atoms with E-state index < -0.39 is 0 Å². The largest absolute Gasteiger partial charge is 0.458 e. The second-order valence-electron chi connectivity index (χ2n) is 6.11. The molecule has 2 nitrogen and oxygen atoms in total. The SMILES string of the molecule is CCC1C2CC2[C@@]2(CCC(=O)O2)C1(C)C. The summed E-state index contributed by atoms with van der Waals surface area (Å²) < 4.78 is 5.77. The van der Waals surface area contributed by atoms with Crippen LogP contribution in [0.5, 0.6) is 0 Å². The topological polar surface area (TPSA) is 26.3 Å². The van der Waals surface area contributed by atoms with E-state index in [-0.39, 0.29) is 17.0 Å². The molecule has 0 aromatic rings.